The van der Waals surface area contributed by atoms with Gasteiger partial charge in [0.1, 0.15) is 6.10 Å². The number of nitrogens with one attached hydrogen (secondary N) is 1. The molecule has 0 radical (unpaired) electrons. The minimum Gasteiger partial charge on any atom is -0.480 e. The van der Waals surface area contributed by atoms with Crippen LogP contribution in [0.25, 0.3) is 0 Å². The highest BCUT2D eigenvalue weighted by Crippen LogP contribution is 2.33. The van der Waals surface area contributed by atoms with Crippen molar-refractivity contribution in [2.24, 2.45) is 0 Å². The molecule has 14 heavy (non-hydrogen) atoms. The number of carbonyl (C=O) groups is 2. The number of carboxylic acids is 1. The molecular weight excluding hydrogens is 190 g/mol. The van der Waals surface area contributed by atoms with Crippen LogP contribution in [0.3, 0.4) is 0 Å². The normalized spacial score (nSPS) is 39.3. The van der Waals surface area contributed by atoms with Crippen LogP contribution >= 0.6 is 0 Å². The highest BCUT2D eigenvalue weighted by Gasteiger charge is 2.56. The smallest absolute Gasteiger partial charge is 0.329 e. The fourth-order valence-electron chi connectivity index (χ4n) is 1.76. The molecule has 78 valence electrons. The molecule has 0 aromatic heterocycles. The van der Waals surface area contributed by atoms with Crippen LogP contribution in [0.2, 0.25) is 0 Å². The molecule has 2 aliphatic rings. The molecule has 2 saturated heterocycles. The lowest BCUT2D eigenvalue weighted by Crippen LogP contribution is -2.42. The molecule has 2 heterocycles. The second-order valence-electron chi connectivity index (χ2n) is 3.85. The number of amides is 1. The monoisotopic (exact) mass is 201 g/mol. The summed E-state index contributed by atoms with van der Waals surface area (Å²) in [5, 5.41) is 11.1. The summed E-state index contributed by atoms with van der Waals surface area (Å²) in [4.78, 5) is 22.0. The van der Waals surface area contributed by atoms with Gasteiger partial charge in [0, 0.05) is 0 Å². The van der Waals surface area contributed by atoms with Crippen molar-refractivity contribution in [1.82, 2.24) is 5.32 Å². The number of aliphatic carboxylic acids is 1. The van der Waals surface area contributed by atoms with Crippen LogP contribution < -0.4 is 5.32 Å². The van der Waals surface area contributed by atoms with E-state index in [1.807, 2.05) is 0 Å². The maximum atomic E-state index is 11.3. The Morgan fingerprint density at radius 2 is 2.14 bits per heavy atom. The quantitative estimate of drug-likeness (QED) is 0.573. The summed E-state index contributed by atoms with van der Waals surface area (Å²) in [5.41, 5.74) is 0. The predicted octanol–water partition coefficient (Wildman–Crippen LogP) is -0.910. The molecule has 0 unspecified atom stereocenters. The van der Waals surface area contributed by atoms with E-state index in [2.05, 4.69) is 5.32 Å². The molecule has 6 nitrogen and oxygen atoms in total. The van der Waals surface area contributed by atoms with Gasteiger partial charge in [-0.2, -0.15) is 0 Å². The Morgan fingerprint density at radius 3 is 2.71 bits per heavy atom. The first kappa shape index (κ1) is 9.42. The van der Waals surface area contributed by atoms with Crippen molar-refractivity contribution in [2.75, 3.05) is 0 Å². The molecule has 0 aromatic rings. The van der Waals surface area contributed by atoms with E-state index in [0.29, 0.717) is 0 Å². The van der Waals surface area contributed by atoms with E-state index in [1.54, 1.807) is 13.8 Å². The van der Waals surface area contributed by atoms with Crippen LogP contribution in [0.15, 0.2) is 0 Å². The molecular formula is C8H11NO5. The molecule has 6 heteroatoms. The van der Waals surface area contributed by atoms with E-state index in [1.165, 1.54) is 0 Å². The standard InChI is InChI=1S/C8H11NO5/c1-8(2)13-4-3(7(11)12)9-6(10)5(4)14-8/h3-5H,1-2H3,(H,9,10)(H,11,12)/t3-,4-,5-/m0/s1. The van der Waals surface area contributed by atoms with Crippen molar-refractivity contribution >= 4 is 11.9 Å². The fourth-order valence-corrected chi connectivity index (χ4v) is 1.76. The lowest BCUT2D eigenvalue weighted by atomic mass is 10.1. The molecule has 3 atom stereocenters. The van der Waals surface area contributed by atoms with E-state index < -0.39 is 35.9 Å². The highest BCUT2D eigenvalue weighted by atomic mass is 16.8. The molecule has 0 aromatic carbocycles. The van der Waals surface area contributed by atoms with E-state index in [0.717, 1.165) is 0 Å². The number of hydrogen-bond donors (Lipinski definition) is 2. The Balaban J connectivity index is 2.23. The van der Waals surface area contributed by atoms with Crippen LogP contribution in [-0.4, -0.2) is 41.0 Å². The molecule has 2 fully saturated rings. The van der Waals surface area contributed by atoms with Crippen molar-refractivity contribution in [3.05, 3.63) is 0 Å². The molecule has 0 spiro atoms. The van der Waals surface area contributed by atoms with E-state index in [4.69, 9.17) is 14.6 Å². The van der Waals surface area contributed by atoms with E-state index in [9.17, 15) is 9.59 Å². The van der Waals surface area contributed by atoms with Crippen LogP contribution in [0.5, 0.6) is 0 Å². The van der Waals surface area contributed by atoms with Crippen LogP contribution in [0.4, 0.5) is 0 Å². The minimum atomic E-state index is -1.10. The summed E-state index contributed by atoms with van der Waals surface area (Å²) in [6.07, 6.45) is -1.53. The summed E-state index contributed by atoms with van der Waals surface area (Å²) >= 11 is 0. The van der Waals surface area contributed by atoms with Gasteiger partial charge in [-0.05, 0) is 13.8 Å². The van der Waals surface area contributed by atoms with Crippen molar-refractivity contribution in [3.8, 4) is 0 Å². The van der Waals surface area contributed by atoms with Gasteiger partial charge in [0.25, 0.3) is 5.91 Å². The SMILES string of the molecule is CC1(C)O[C@H]2[C@@H](C(=O)O)NC(=O)[C@H]2O1. The topological polar surface area (TPSA) is 84.9 Å². The molecule has 0 aliphatic carbocycles. The third kappa shape index (κ3) is 1.27. The number of hydrogen-bond acceptors (Lipinski definition) is 4. The average Bonchev–Trinajstić information content (AvgIpc) is 2.47. The number of ether oxygens (including phenoxy) is 2. The van der Waals surface area contributed by atoms with Gasteiger partial charge in [-0.15, -0.1) is 0 Å². The predicted molar refractivity (Wildman–Crippen MR) is 43.4 cm³/mol. The second-order valence-corrected chi connectivity index (χ2v) is 3.85. The molecule has 2 aliphatic heterocycles. The Kier molecular flexibility index (Phi) is 1.80. The third-order valence-corrected chi connectivity index (χ3v) is 2.28. The van der Waals surface area contributed by atoms with Crippen LogP contribution in [-0.2, 0) is 19.1 Å². The number of carbonyl (C=O) groups excluding carboxylic acids is 1. The Bertz CT molecular complexity index is 300. The van der Waals surface area contributed by atoms with Crippen molar-refractivity contribution < 1.29 is 24.2 Å². The second kappa shape index (κ2) is 2.68. The summed E-state index contributed by atoms with van der Waals surface area (Å²) in [6, 6.07) is -1.01. The lowest BCUT2D eigenvalue weighted by molar-refractivity contribution is -0.167. The van der Waals surface area contributed by atoms with Crippen molar-refractivity contribution in [3.63, 3.8) is 0 Å². The maximum absolute atomic E-state index is 11.3. The Morgan fingerprint density at radius 1 is 1.50 bits per heavy atom. The number of carboxylic acid groups (broad SMARTS) is 1. The first-order valence-electron chi connectivity index (χ1n) is 4.29. The van der Waals surface area contributed by atoms with Crippen molar-refractivity contribution in [2.45, 2.75) is 37.9 Å². The van der Waals surface area contributed by atoms with Gasteiger partial charge in [0.05, 0.1) is 0 Å². The summed E-state index contributed by atoms with van der Waals surface area (Å²) in [7, 11) is 0. The van der Waals surface area contributed by atoms with E-state index >= 15 is 0 Å². The fraction of sp³-hybridized carbons (Fsp3) is 0.750. The van der Waals surface area contributed by atoms with Gasteiger partial charge in [-0.25, -0.2) is 4.79 Å². The molecule has 1 amide bonds. The van der Waals surface area contributed by atoms with Crippen LogP contribution in [0, 0.1) is 0 Å². The number of rotatable bonds is 1. The largest absolute Gasteiger partial charge is 0.480 e. The summed E-state index contributed by atoms with van der Waals surface area (Å²) in [5.74, 6) is -2.42. The number of fused-ring (bicyclic) bond motifs is 1. The Labute approximate surface area is 80.2 Å². The van der Waals surface area contributed by atoms with Gasteiger partial charge in [0.2, 0.25) is 0 Å². The van der Waals surface area contributed by atoms with Gasteiger partial charge < -0.3 is 19.9 Å². The molecule has 2 rings (SSSR count). The summed E-state index contributed by atoms with van der Waals surface area (Å²) < 4.78 is 10.6. The minimum absolute atomic E-state index is 0.423. The third-order valence-electron chi connectivity index (χ3n) is 2.28. The van der Waals surface area contributed by atoms with E-state index in [-0.39, 0.29) is 0 Å². The van der Waals surface area contributed by atoms with Gasteiger partial charge in [-0.1, -0.05) is 0 Å². The lowest BCUT2D eigenvalue weighted by Gasteiger charge is -2.19. The summed E-state index contributed by atoms with van der Waals surface area (Å²) in [6.45, 7) is 3.30. The van der Waals surface area contributed by atoms with Gasteiger partial charge in [0.15, 0.2) is 17.9 Å². The molecule has 0 saturated carbocycles. The zero-order valence-electron chi connectivity index (χ0n) is 7.81. The maximum Gasteiger partial charge on any atom is 0.329 e. The molecule has 2 N–H and O–H groups in total. The van der Waals surface area contributed by atoms with Gasteiger partial charge in [-0.3, -0.25) is 4.79 Å². The zero-order valence-corrected chi connectivity index (χ0v) is 7.81. The van der Waals surface area contributed by atoms with Crippen molar-refractivity contribution in [1.29, 1.82) is 0 Å². The Hall–Kier alpha value is -1.14. The zero-order chi connectivity index (χ0) is 10.5. The van der Waals surface area contributed by atoms with Gasteiger partial charge >= 0.3 is 5.97 Å². The molecule has 0 bridgehead atoms. The average molecular weight is 201 g/mol. The highest BCUT2D eigenvalue weighted by molar-refractivity contribution is 5.92. The first-order chi connectivity index (χ1) is 6.41. The first-order valence-corrected chi connectivity index (χ1v) is 4.29. The van der Waals surface area contributed by atoms with Crippen LogP contribution in [0.1, 0.15) is 13.8 Å².